The molecule has 0 bridgehead atoms. The molecule has 0 spiro atoms. The number of ether oxygens (including phenoxy) is 2. The van der Waals surface area contributed by atoms with Crippen LogP contribution in [0.15, 0.2) is 30.3 Å². The second kappa shape index (κ2) is 8.09. The third kappa shape index (κ3) is 4.55. The molecule has 2 aromatic rings. The zero-order valence-electron chi connectivity index (χ0n) is 13.8. The molecule has 0 radical (unpaired) electrons. The van der Waals surface area contributed by atoms with Crippen molar-refractivity contribution in [1.29, 1.82) is 0 Å². The van der Waals surface area contributed by atoms with E-state index in [1.807, 2.05) is 0 Å². The summed E-state index contributed by atoms with van der Waals surface area (Å²) in [5, 5.41) is 5.76. The Bertz CT molecular complexity index is 825. The summed E-state index contributed by atoms with van der Waals surface area (Å²) >= 11 is 12.0. The number of halogens is 2. The summed E-state index contributed by atoms with van der Waals surface area (Å²) in [6.07, 6.45) is 0. The third-order valence-corrected chi connectivity index (χ3v) is 4.05. The molecule has 0 unspecified atom stereocenters. The molecule has 0 heterocycles. The standard InChI is InChI=1S/C17H16Cl2N2O4/c1-9-6-13(15(25-3)8-11(9)18)21-17(23)16(22)20-10-4-5-14(24-2)12(19)7-10/h4-8H,1-3H3,(H,20,22)(H,21,23). The second-order valence-electron chi connectivity index (χ2n) is 5.06. The Hall–Kier alpha value is -2.44. The van der Waals surface area contributed by atoms with Gasteiger partial charge in [-0.25, -0.2) is 0 Å². The summed E-state index contributed by atoms with van der Waals surface area (Å²) in [6, 6.07) is 7.83. The van der Waals surface area contributed by atoms with Gasteiger partial charge in [0.05, 0.1) is 24.9 Å². The molecule has 0 aromatic heterocycles. The van der Waals surface area contributed by atoms with Crippen molar-refractivity contribution in [3.8, 4) is 11.5 Å². The number of hydrogen-bond acceptors (Lipinski definition) is 4. The first kappa shape index (κ1) is 18.9. The Labute approximate surface area is 155 Å². The predicted octanol–water partition coefficient (Wildman–Crippen LogP) is 3.90. The van der Waals surface area contributed by atoms with Gasteiger partial charge in [-0.05, 0) is 36.8 Å². The molecular weight excluding hydrogens is 367 g/mol. The number of benzene rings is 2. The van der Waals surface area contributed by atoms with Crippen LogP contribution in [0.3, 0.4) is 0 Å². The molecule has 6 nitrogen and oxygen atoms in total. The van der Waals surface area contributed by atoms with Crippen LogP contribution in [0.4, 0.5) is 11.4 Å². The van der Waals surface area contributed by atoms with Crippen LogP contribution >= 0.6 is 23.2 Å². The monoisotopic (exact) mass is 382 g/mol. The first-order valence-corrected chi connectivity index (χ1v) is 7.91. The van der Waals surface area contributed by atoms with E-state index in [0.29, 0.717) is 32.9 Å². The third-order valence-electron chi connectivity index (χ3n) is 3.34. The zero-order chi connectivity index (χ0) is 18.6. The molecule has 2 aromatic carbocycles. The molecule has 2 amide bonds. The van der Waals surface area contributed by atoms with Crippen LogP contribution in [0.1, 0.15) is 5.56 Å². The lowest BCUT2D eigenvalue weighted by Crippen LogP contribution is -2.29. The number of carbonyl (C=O) groups excluding carboxylic acids is 2. The zero-order valence-corrected chi connectivity index (χ0v) is 15.3. The summed E-state index contributed by atoms with van der Waals surface area (Å²) in [5.74, 6) is -0.891. The molecule has 2 N–H and O–H groups in total. The summed E-state index contributed by atoms with van der Waals surface area (Å²) < 4.78 is 10.2. The smallest absolute Gasteiger partial charge is 0.314 e. The van der Waals surface area contributed by atoms with Crippen LogP contribution in [-0.2, 0) is 9.59 Å². The average molecular weight is 383 g/mol. The Kier molecular flexibility index (Phi) is 6.12. The Balaban J connectivity index is 2.12. The minimum absolute atomic E-state index is 0.315. The van der Waals surface area contributed by atoms with Crippen LogP contribution in [0.5, 0.6) is 11.5 Å². The van der Waals surface area contributed by atoms with Crippen molar-refractivity contribution in [3.05, 3.63) is 45.9 Å². The molecule has 0 atom stereocenters. The molecule has 0 fully saturated rings. The largest absolute Gasteiger partial charge is 0.495 e. The van der Waals surface area contributed by atoms with Crippen LogP contribution in [0.2, 0.25) is 10.0 Å². The van der Waals surface area contributed by atoms with Crippen LogP contribution in [-0.4, -0.2) is 26.0 Å². The molecule has 25 heavy (non-hydrogen) atoms. The minimum Gasteiger partial charge on any atom is -0.495 e. The minimum atomic E-state index is -0.855. The summed E-state index contributed by atoms with van der Waals surface area (Å²) in [7, 11) is 2.92. The van der Waals surface area contributed by atoms with E-state index >= 15 is 0 Å². The van der Waals surface area contributed by atoms with Crippen molar-refractivity contribution >= 4 is 46.4 Å². The molecule has 0 saturated carbocycles. The van der Waals surface area contributed by atoms with Gasteiger partial charge in [-0.1, -0.05) is 23.2 Å². The number of carbonyl (C=O) groups is 2. The number of anilines is 2. The molecule has 2 rings (SSSR count). The summed E-state index contributed by atoms with van der Waals surface area (Å²) in [6.45, 7) is 1.77. The normalized spacial score (nSPS) is 10.1. The maximum atomic E-state index is 12.1. The van der Waals surface area contributed by atoms with Gasteiger partial charge < -0.3 is 20.1 Å². The van der Waals surface area contributed by atoms with Gasteiger partial charge in [0.2, 0.25) is 0 Å². The van der Waals surface area contributed by atoms with Gasteiger partial charge >= 0.3 is 11.8 Å². The first-order valence-electron chi connectivity index (χ1n) is 7.15. The van der Waals surface area contributed by atoms with Crippen LogP contribution < -0.4 is 20.1 Å². The van der Waals surface area contributed by atoms with Crippen molar-refractivity contribution in [1.82, 2.24) is 0 Å². The van der Waals surface area contributed by atoms with Gasteiger partial charge in [-0.15, -0.1) is 0 Å². The van der Waals surface area contributed by atoms with E-state index < -0.39 is 11.8 Å². The lowest BCUT2D eigenvalue weighted by molar-refractivity contribution is -0.133. The van der Waals surface area contributed by atoms with E-state index in [1.54, 1.807) is 31.2 Å². The van der Waals surface area contributed by atoms with Gasteiger partial charge in [-0.3, -0.25) is 9.59 Å². The summed E-state index contributed by atoms with van der Waals surface area (Å²) in [5.41, 5.74) is 1.45. The van der Waals surface area contributed by atoms with E-state index in [2.05, 4.69) is 10.6 Å². The quantitative estimate of drug-likeness (QED) is 0.786. The first-order chi connectivity index (χ1) is 11.8. The highest BCUT2D eigenvalue weighted by Crippen LogP contribution is 2.31. The summed E-state index contributed by atoms with van der Waals surface area (Å²) in [4.78, 5) is 24.2. The Morgan fingerprint density at radius 1 is 0.880 bits per heavy atom. The molecule has 0 aliphatic rings. The molecule has 0 aliphatic carbocycles. The highest BCUT2D eigenvalue weighted by Gasteiger charge is 2.17. The van der Waals surface area contributed by atoms with Gasteiger partial charge in [0.1, 0.15) is 11.5 Å². The van der Waals surface area contributed by atoms with Crippen molar-refractivity contribution in [2.24, 2.45) is 0 Å². The van der Waals surface area contributed by atoms with Crippen molar-refractivity contribution < 1.29 is 19.1 Å². The molecular formula is C17H16Cl2N2O4. The number of hydrogen-bond donors (Lipinski definition) is 2. The number of rotatable bonds is 4. The fourth-order valence-corrected chi connectivity index (χ4v) is 2.45. The lowest BCUT2D eigenvalue weighted by Gasteiger charge is -2.12. The topological polar surface area (TPSA) is 76.7 Å². The molecule has 0 aliphatic heterocycles. The number of amides is 2. The molecule has 8 heteroatoms. The fraction of sp³-hybridized carbons (Fsp3) is 0.176. The maximum absolute atomic E-state index is 12.1. The second-order valence-corrected chi connectivity index (χ2v) is 5.87. The average Bonchev–Trinajstić information content (AvgIpc) is 2.58. The SMILES string of the molecule is COc1ccc(NC(=O)C(=O)Nc2cc(C)c(Cl)cc2OC)cc1Cl. The van der Waals surface area contributed by atoms with Gasteiger partial charge in [0, 0.05) is 16.8 Å². The van der Waals surface area contributed by atoms with E-state index in [1.165, 1.54) is 20.3 Å². The number of nitrogens with one attached hydrogen (secondary N) is 2. The Morgan fingerprint density at radius 3 is 2.12 bits per heavy atom. The van der Waals surface area contributed by atoms with E-state index in [4.69, 9.17) is 32.7 Å². The lowest BCUT2D eigenvalue weighted by atomic mass is 10.2. The van der Waals surface area contributed by atoms with E-state index in [0.717, 1.165) is 5.56 Å². The highest BCUT2D eigenvalue weighted by molar-refractivity contribution is 6.44. The van der Waals surface area contributed by atoms with E-state index in [-0.39, 0.29) is 0 Å². The Morgan fingerprint density at radius 2 is 1.52 bits per heavy atom. The van der Waals surface area contributed by atoms with Crippen molar-refractivity contribution in [2.75, 3.05) is 24.9 Å². The van der Waals surface area contributed by atoms with Crippen LogP contribution in [0.25, 0.3) is 0 Å². The fourth-order valence-electron chi connectivity index (χ4n) is 2.04. The number of methoxy groups -OCH3 is 2. The van der Waals surface area contributed by atoms with Gasteiger partial charge in [-0.2, -0.15) is 0 Å². The van der Waals surface area contributed by atoms with Gasteiger partial charge in [0.15, 0.2) is 0 Å². The van der Waals surface area contributed by atoms with E-state index in [9.17, 15) is 9.59 Å². The van der Waals surface area contributed by atoms with Crippen LogP contribution in [0, 0.1) is 6.92 Å². The number of aryl methyl sites for hydroxylation is 1. The van der Waals surface area contributed by atoms with Crippen molar-refractivity contribution in [2.45, 2.75) is 6.92 Å². The van der Waals surface area contributed by atoms with Gasteiger partial charge in [0.25, 0.3) is 0 Å². The predicted molar refractivity (Wildman–Crippen MR) is 98.0 cm³/mol. The molecule has 132 valence electrons. The molecule has 0 saturated heterocycles. The highest BCUT2D eigenvalue weighted by atomic mass is 35.5. The maximum Gasteiger partial charge on any atom is 0.314 e. The van der Waals surface area contributed by atoms with Crippen molar-refractivity contribution in [3.63, 3.8) is 0 Å².